The fraction of sp³-hybridized carbons (Fsp3) is 0.462. The van der Waals surface area contributed by atoms with Gasteiger partial charge in [-0.25, -0.2) is 0 Å². The molecule has 0 aromatic heterocycles. The molecule has 0 unspecified atom stereocenters. The molecule has 2 N–H and O–H groups in total. The Kier molecular flexibility index (Phi) is 3.72. The first-order valence-corrected chi connectivity index (χ1v) is 6.64. The molecular formula is C13H18BrN3. The summed E-state index contributed by atoms with van der Waals surface area (Å²) < 4.78 is 1.21. The topological polar surface area (TPSA) is 36.4 Å². The van der Waals surface area contributed by atoms with Crippen LogP contribution in [-0.4, -0.2) is 26.6 Å². The highest BCUT2D eigenvalue weighted by atomic mass is 79.9. The molecule has 0 spiro atoms. The molecule has 1 aliphatic rings. The van der Waals surface area contributed by atoms with Crippen LogP contribution in [0.1, 0.15) is 18.4 Å². The van der Waals surface area contributed by atoms with Gasteiger partial charge in [-0.05, 0) is 24.5 Å². The third-order valence-electron chi connectivity index (χ3n) is 3.35. The summed E-state index contributed by atoms with van der Waals surface area (Å²) in [6.07, 6.45) is 2.48. The van der Waals surface area contributed by atoms with Gasteiger partial charge in [-0.1, -0.05) is 34.1 Å². The maximum atomic E-state index is 4.14. The molecule has 1 aliphatic carbocycles. The molecular weight excluding hydrogens is 278 g/mol. The summed E-state index contributed by atoms with van der Waals surface area (Å²) >= 11 is 3.64. The highest BCUT2D eigenvalue weighted by molar-refractivity contribution is 9.10. The van der Waals surface area contributed by atoms with Gasteiger partial charge in [-0.3, -0.25) is 4.99 Å². The Hall–Kier alpha value is -1.03. The number of hydrogen-bond acceptors (Lipinski definition) is 1. The van der Waals surface area contributed by atoms with E-state index in [9.17, 15) is 0 Å². The van der Waals surface area contributed by atoms with E-state index in [1.807, 2.05) is 7.05 Å². The molecule has 0 aliphatic heterocycles. The smallest absolute Gasteiger partial charge is 0.190 e. The van der Waals surface area contributed by atoms with Crippen LogP contribution in [0.4, 0.5) is 0 Å². The minimum Gasteiger partial charge on any atom is -0.359 e. The van der Waals surface area contributed by atoms with Crippen molar-refractivity contribution in [1.82, 2.24) is 10.6 Å². The molecule has 0 heterocycles. The van der Waals surface area contributed by atoms with Crippen LogP contribution in [0.3, 0.4) is 0 Å². The average Bonchev–Trinajstić information content (AvgIpc) is 3.12. The number of benzene rings is 1. The van der Waals surface area contributed by atoms with E-state index in [-0.39, 0.29) is 5.41 Å². The van der Waals surface area contributed by atoms with Gasteiger partial charge in [0.1, 0.15) is 0 Å². The van der Waals surface area contributed by atoms with Crippen molar-refractivity contribution in [3.8, 4) is 0 Å². The lowest BCUT2D eigenvalue weighted by Crippen LogP contribution is -2.39. The van der Waals surface area contributed by atoms with Crippen LogP contribution in [0, 0.1) is 0 Å². The zero-order chi connectivity index (χ0) is 12.3. The predicted octanol–water partition coefficient (Wildman–Crippen LogP) is 2.28. The molecule has 0 radical (unpaired) electrons. The van der Waals surface area contributed by atoms with Gasteiger partial charge in [0.15, 0.2) is 5.96 Å². The molecule has 1 aromatic carbocycles. The predicted molar refractivity (Wildman–Crippen MR) is 75.5 cm³/mol. The van der Waals surface area contributed by atoms with Crippen molar-refractivity contribution in [2.45, 2.75) is 18.3 Å². The Bertz CT molecular complexity index is 424. The first kappa shape index (κ1) is 12.4. The largest absolute Gasteiger partial charge is 0.359 e. The summed E-state index contributed by atoms with van der Waals surface area (Å²) in [7, 11) is 3.67. The van der Waals surface area contributed by atoms with Gasteiger partial charge >= 0.3 is 0 Å². The van der Waals surface area contributed by atoms with E-state index in [0.29, 0.717) is 0 Å². The number of hydrogen-bond donors (Lipinski definition) is 2. The van der Waals surface area contributed by atoms with E-state index in [4.69, 9.17) is 0 Å². The van der Waals surface area contributed by atoms with E-state index in [1.54, 1.807) is 7.05 Å². The molecule has 0 atom stereocenters. The van der Waals surface area contributed by atoms with Gasteiger partial charge in [0.2, 0.25) is 0 Å². The van der Waals surface area contributed by atoms with E-state index >= 15 is 0 Å². The lowest BCUT2D eigenvalue weighted by atomic mass is 9.96. The lowest BCUT2D eigenvalue weighted by molar-refractivity contribution is 0.648. The van der Waals surface area contributed by atoms with Gasteiger partial charge in [0, 0.05) is 30.5 Å². The molecule has 4 heteroatoms. The first-order valence-electron chi connectivity index (χ1n) is 5.85. The van der Waals surface area contributed by atoms with Crippen LogP contribution < -0.4 is 10.6 Å². The molecule has 1 aromatic rings. The molecule has 0 amide bonds. The Balaban J connectivity index is 2.08. The van der Waals surface area contributed by atoms with E-state index in [2.05, 4.69) is 55.8 Å². The van der Waals surface area contributed by atoms with Gasteiger partial charge in [-0.2, -0.15) is 0 Å². The third-order valence-corrected chi connectivity index (χ3v) is 4.04. The van der Waals surface area contributed by atoms with Crippen molar-refractivity contribution in [3.05, 3.63) is 34.3 Å². The second-order valence-corrected chi connectivity index (χ2v) is 5.29. The number of aliphatic imine (C=N–C) groups is 1. The van der Waals surface area contributed by atoms with Crippen molar-refractivity contribution >= 4 is 21.9 Å². The molecule has 0 saturated heterocycles. The van der Waals surface area contributed by atoms with Gasteiger partial charge in [0.05, 0.1) is 0 Å². The van der Waals surface area contributed by atoms with Crippen LogP contribution in [0.2, 0.25) is 0 Å². The summed E-state index contributed by atoms with van der Waals surface area (Å²) in [5, 5.41) is 6.41. The highest BCUT2D eigenvalue weighted by Gasteiger charge is 2.45. The average molecular weight is 296 g/mol. The molecule has 1 fully saturated rings. The zero-order valence-corrected chi connectivity index (χ0v) is 11.8. The minimum absolute atomic E-state index is 0.285. The summed E-state index contributed by atoms with van der Waals surface area (Å²) in [4.78, 5) is 4.14. The molecule has 2 rings (SSSR count). The maximum Gasteiger partial charge on any atom is 0.190 e. The second kappa shape index (κ2) is 5.08. The fourth-order valence-electron chi connectivity index (χ4n) is 2.12. The Morgan fingerprint density at radius 1 is 1.41 bits per heavy atom. The number of rotatable bonds is 3. The lowest BCUT2D eigenvalue weighted by Gasteiger charge is -2.19. The molecule has 1 saturated carbocycles. The zero-order valence-electron chi connectivity index (χ0n) is 10.3. The van der Waals surface area contributed by atoms with Crippen LogP contribution in [0.25, 0.3) is 0 Å². The van der Waals surface area contributed by atoms with Gasteiger partial charge < -0.3 is 10.6 Å². The SMILES string of the molecule is CN=C(NC)NCC1(c2ccccc2Br)CC1. The maximum absolute atomic E-state index is 4.14. The van der Waals surface area contributed by atoms with Crippen molar-refractivity contribution < 1.29 is 0 Å². The van der Waals surface area contributed by atoms with Crippen molar-refractivity contribution in [1.29, 1.82) is 0 Å². The summed E-state index contributed by atoms with van der Waals surface area (Å²) in [6, 6.07) is 8.49. The number of guanidine groups is 1. The van der Waals surface area contributed by atoms with E-state index < -0.39 is 0 Å². The minimum atomic E-state index is 0.285. The van der Waals surface area contributed by atoms with Crippen LogP contribution in [0.15, 0.2) is 33.7 Å². The summed E-state index contributed by atoms with van der Waals surface area (Å²) in [5.74, 6) is 0.850. The first-order chi connectivity index (χ1) is 8.22. The summed E-state index contributed by atoms with van der Waals surface area (Å²) in [6.45, 7) is 0.934. The van der Waals surface area contributed by atoms with E-state index in [0.717, 1.165) is 12.5 Å². The highest BCUT2D eigenvalue weighted by Crippen LogP contribution is 2.49. The van der Waals surface area contributed by atoms with Crippen molar-refractivity contribution in [2.24, 2.45) is 4.99 Å². The van der Waals surface area contributed by atoms with Crippen LogP contribution in [-0.2, 0) is 5.41 Å². The molecule has 92 valence electrons. The number of nitrogens with one attached hydrogen (secondary N) is 2. The van der Waals surface area contributed by atoms with E-state index in [1.165, 1.54) is 22.9 Å². The fourth-order valence-corrected chi connectivity index (χ4v) is 2.82. The second-order valence-electron chi connectivity index (χ2n) is 4.44. The number of nitrogens with zero attached hydrogens (tertiary/aromatic N) is 1. The van der Waals surface area contributed by atoms with Crippen LogP contribution >= 0.6 is 15.9 Å². The normalized spacial score (nSPS) is 17.7. The quantitative estimate of drug-likeness (QED) is 0.663. The van der Waals surface area contributed by atoms with Gasteiger partial charge in [-0.15, -0.1) is 0 Å². The number of halogens is 1. The Labute approximate surface area is 111 Å². The van der Waals surface area contributed by atoms with Gasteiger partial charge in [0.25, 0.3) is 0 Å². The molecule has 0 bridgehead atoms. The van der Waals surface area contributed by atoms with Crippen molar-refractivity contribution in [3.63, 3.8) is 0 Å². The third kappa shape index (κ3) is 2.63. The standard InChI is InChI=1S/C13H18BrN3/c1-15-12(16-2)17-9-13(7-8-13)10-5-3-4-6-11(10)14/h3-6H,7-9H2,1-2H3,(H2,15,16,17). The van der Waals surface area contributed by atoms with Crippen molar-refractivity contribution in [2.75, 3.05) is 20.6 Å². The Morgan fingerprint density at radius 2 is 2.12 bits per heavy atom. The molecule has 17 heavy (non-hydrogen) atoms. The van der Waals surface area contributed by atoms with Crippen LogP contribution in [0.5, 0.6) is 0 Å². The Morgan fingerprint density at radius 3 is 2.65 bits per heavy atom. The monoisotopic (exact) mass is 295 g/mol. The summed E-state index contributed by atoms with van der Waals surface area (Å²) in [5.41, 5.74) is 1.69. The molecule has 3 nitrogen and oxygen atoms in total.